The van der Waals surface area contributed by atoms with Gasteiger partial charge in [0, 0.05) is 49.9 Å². The smallest absolute Gasteiger partial charge is 0.254 e. The monoisotopic (exact) mass is 411 g/mol. The van der Waals surface area contributed by atoms with E-state index in [0.717, 1.165) is 12.1 Å². The molecule has 4 heterocycles. The van der Waals surface area contributed by atoms with Crippen LogP contribution in [-0.2, 0) is 9.47 Å². The van der Waals surface area contributed by atoms with E-state index in [9.17, 15) is 9.59 Å². The van der Waals surface area contributed by atoms with Gasteiger partial charge >= 0.3 is 0 Å². The van der Waals surface area contributed by atoms with Gasteiger partial charge in [0.05, 0.1) is 37.9 Å². The van der Waals surface area contributed by atoms with Gasteiger partial charge in [-0.1, -0.05) is 12.2 Å². The maximum absolute atomic E-state index is 13.1. The number of carbonyl (C=O) groups excluding carboxylic acids is 1. The molecule has 0 aliphatic carbocycles. The summed E-state index contributed by atoms with van der Waals surface area (Å²) in [4.78, 5) is 30.0. The third kappa shape index (κ3) is 3.62. The molecule has 0 bridgehead atoms. The van der Waals surface area contributed by atoms with Crippen LogP contribution in [0.15, 0.2) is 39.6 Å². The molecule has 3 aliphatic heterocycles. The fourth-order valence-electron chi connectivity index (χ4n) is 4.20. The summed E-state index contributed by atoms with van der Waals surface area (Å²) in [5.41, 5.74) is 1.71. The highest BCUT2D eigenvalue weighted by molar-refractivity contribution is 5.99. The summed E-state index contributed by atoms with van der Waals surface area (Å²) in [6, 6.07) is 4.95. The van der Waals surface area contributed by atoms with E-state index in [0.29, 0.717) is 75.0 Å². The lowest BCUT2D eigenvalue weighted by molar-refractivity contribution is 0.0303. The van der Waals surface area contributed by atoms with Crippen molar-refractivity contribution < 1.29 is 18.7 Å². The van der Waals surface area contributed by atoms with Crippen LogP contribution in [0.5, 0.6) is 0 Å². The fraction of sp³-hybridized carbons (Fsp3) is 0.455. The molecule has 0 spiro atoms. The second kappa shape index (κ2) is 8.22. The molecule has 1 amide bonds. The maximum Gasteiger partial charge on any atom is 0.254 e. The quantitative estimate of drug-likeness (QED) is 0.762. The van der Waals surface area contributed by atoms with Crippen LogP contribution in [0.2, 0.25) is 0 Å². The van der Waals surface area contributed by atoms with Crippen molar-refractivity contribution in [1.82, 2.24) is 10.2 Å². The van der Waals surface area contributed by atoms with E-state index in [1.165, 1.54) is 6.07 Å². The number of morpholine rings is 2. The fourth-order valence-corrected chi connectivity index (χ4v) is 4.20. The van der Waals surface area contributed by atoms with Gasteiger partial charge in [-0.2, -0.15) is 0 Å². The molecule has 2 saturated heterocycles. The number of rotatable bonds is 3. The Hall–Kier alpha value is -2.68. The third-order valence-electron chi connectivity index (χ3n) is 5.83. The maximum atomic E-state index is 13.1. The second-order valence-corrected chi connectivity index (χ2v) is 7.71. The van der Waals surface area contributed by atoms with Crippen molar-refractivity contribution in [2.24, 2.45) is 0 Å². The van der Waals surface area contributed by atoms with E-state index < -0.39 is 0 Å². The van der Waals surface area contributed by atoms with E-state index in [-0.39, 0.29) is 17.4 Å². The van der Waals surface area contributed by atoms with Crippen LogP contribution in [0.4, 0.5) is 5.88 Å². The Morgan fingerprint density at radius 2 is 1.73 bits per heavy atom. The summed E-state index contributed by atoms with van der Waals surface area (Å²) in [6.07, 6.45) is 4.08. The molecule has 0 saturated carbocycles. The summed E-state index contributed by atoms with van der Waals surface area (Å²) in [5.74, 6) is 0.464. The number of amides is 1. The molecule has 30 heavy (non-hydrogen) atoms. The van der Waals surface area contributed by atoms with Gasteiger partial charge < -0.3 is 29.0 Å². The van der Waals surface area contributed by atoms with Crippen LogP contribution >= 0.6 is 0 Å². The van der Waals surface area contributed by atoms with E-state index in [1.54, 1.807) is 11.0 Å². The molecule has 2 aromatic rings. The normalized spacial score (nSPS) is 22.1. The average molecular weight is 411 g/mol. The van der Waals surface area contributed by atoms with Crippen molar-refractivity contribution in [2.75, 3.05) is 64.1 Å². The first kappa shape index (κ1) is 19.3. The van der Waals surface area contributed by atoms with Gasteiger partial charge in [0.25, 0.3) is 5.91 Å². The molecule has 0 unspecified atom stereocenters. The number of ether oxygens (including phenoxy) is 2. The lowest BCUT2D eigenvalue weighted by atomic mass is 9.99. The number of nitrogens with zero attached hydrogens (tertiary/aromatic N) is 2. The predicted molar refractivity (Wildman–Crippen MR) is 112 cm³/mol. The summed E-state index contributed by atoms with van der Waals surface area (Å²) in [5, 5.41) is 3.81. The minimum absolute atomic E-state index is 0.0833. The average Bonchev–Trinajstić information content (AvgIpc) is 3.34. The van der Waals surface area contributed by atoms with Crippen molar-refractivity contribution in [3.8, 4) is 0 Å². The molecular weight excluding hydrogens is 386 g/mol. The summed E-state index contributed by atoms with van der Waals surface area (Å²) < 4.78 is 17.0. The zero-order chi connectivity index (χ0) is 20.5. The van der Waals surface area contributed by atoms with Gasteiger partial charge in [0.2, 0.25) is 0 Å². The number of fused-ring (bicyclic) bond motifs is 1. The van der Waals surface area contributed by atoms with Crippen molar-refractivity contribution in [1.29, 1.82) is 0 Å². The third-order valence-corrected chi connectivity index (χ3v) is 5.83. The van der Waals surface area contributed by atoms with Crippen LogP contribution in [-0.4, -0.2) is 70.0 Å². The minimum Gasteiger partial charge on any atom is -0.440 e. The SMILES string of the molecule is O=C(c1cc([C@H]2C=CCN2)c2oc(N3CCOCC3)cc(=O)c2c1)N1CCOCC1. The van der Waals surface area contributed by atoms with Crippen molar-refractivity contribution in [2.45, 2.75) is 6.04 Å². The van der Waals surface area contributed by atoms with Crippen LogP contribution in [0.3, 0.4) is 0 Å². The van der Waals surface area contributed by atoms with E-state index >= 15 is 0 Å². The van der Waals surface area contributed by atoms with Crippen molar-refractivity contribution in [3.05, 3.63) is 51.7 Å². The molecule has 8 heteroatoms. The standard InChI is InChI=1S/C22H25N3O5/c26-19-14-20(24-4-8-28-9-5-24)30-21-16(18-2-1-3-23-18)12-15(13-17(19)21)22(27)25-6-10-29-11-7-25/h1-2,12-14,18,23H,3-11H2/t18-/m1/s1. The van der Waals surface area contributed by atoms with E-state index in [1.807, 2.05) is 23.1 Å². The molecule has 8 nitrogen and oxygen atoms in total. The number of carbonyl (C=O) groups is 1. The Morgan fingerprint density at radius 3 is 2.43 bits per heavy atom. The largest absolute Gasteiger partial charge is 0.440 e. The Kier molecular flexibility index (Phi) is 5.28. The van der Waals surface area contributed by atoms with Gasteiger partial charge in [0.15, 0.2) is 11.3 Å². The Labute approximate surface area is 174 Å². The molecule has 2 fully saturated rings. The van der Waals surface area contributed by atoms with E-state index in [4.69, 9.17) is 13.9 Å². The first-order valence-corrected chi connectivity index (χ1v) is 10.4. The zero-order valence-corrected chi connectivity index (χ0v) is 16.8. The number of benzene rings is 1. The van der Waals surface area contributed by atoms with Gasteiger partial charge in [0.1, 0.15) is 5.58 Å². The number of nitrogens with one attached hydrogen (secondary N) is 1. The molecule has 1 aromatic carbocycles. The number of anilines is 1. The first-order chi connectivity index (χ1) is 14.7. The first-order valence-electron chi connectivity index (χ1n) is 10.4. The summed E-state index contributed by atoms with van der Waals surface area (Å²) in [7, 11) is 0. The van der Waals surface area contributed by atoms with Crippen molar-refractivity contribution >= 4 is 22.8 Å². The Morgan fingerprint density at radius 1 is 1.00 bits per heavy atom. The second-order valence-electron chi connectivity index (χ2n) is 7.71. The Bertz CT molecular complexity index is 1030. The van der Waals surface area contributed by atoms with Gasteiger partial charge in [-0.05, 0) is 12.1 Å². The lowest BCUT2D eigenvalue weighted by Crippen LogP contribution is -2.40. The van der Waals surface area contributed by atoms with E-state index in [2.05, 4.69) is 5.32 Å². The topological polar surface area (TPSA) is 84.2 Å². The van der Waals surface area contributed by atoms with Gasteiger partial charge in [-0.15, -0.1) is 0 Å². The number of hydrogen-bond acceptors (Lipinski definition) is 7. The molecule has 5 rings (SSSR count). The molecule has 1 N–H and O–H groups in total. The van der Waals surface area contributed by atoms with Gasteiger partial charge in [-0.3, -0.25) is 9.59 Å². The van der Waals surface area contributed by atoms with Crippen LogP contribution in [0.25, 0.3) is 11.0 Å². The predicted octanol–water partition coefficient (Wildman–Crippen LogP) is 1.30. The molecule has 3 aliphatic rings. The molecule has 1 aromatic heterocycles. The number of hydrogen-bond donors (Lipinski definition) is 1. The van der Waals surface area contributed by atoms with Crippen LogP contribution in [0.1, 0.15) is 22.0 Å². The van der Waals surface area contributed by atoms with Crippen LogP contribution < -0.4 is 15.6 Å². The highest BCUT2D eigenvalue weighted by Crippen LogP contribution is 2.30. The lowest BCUT2D eigenvalue weighted by Gasteiger charge is -2.28. The highest BCUT2D eigenvalue weighted by atomic mass is 16.5. The van der Waals surface area contributed by atoms with Crippen LogP contribution in [0, 0.1) is 0 Å². The molecule has 158 valence electrons. The minimum atomic E-state index is -0.141. The molecule has 0 radical (unpaired) electrons. The molecule has 1 atom stereocenters. The summed E-state index contributed by atoms with van der Waals surface area (Å²) in [6.45, 7) is 5.48. The van der Waals surface area contributed by atoms with Gasteiger partial charge in [-0.25, -0.2) is 0 Å². The van der Waals surface area contributed by atoms with Crippen molar-refractivity contribution in [3.63, 3.8) is 0 Å². The Balaban J connectivity index is 1.62. The molecular formula is C22H25N3O5. The zero-order valence-electron chi connectivity index (χ0n) is 16.8. The highest BCUT2D eigenvalue weighted by Gasteiger charge is 2.25. The summed E-state index contributed by atoms with van der Waals surface area (Å²) >= 11 is 0.